The Kier molecular flexibility index (Phi) is 9.18. The number of fused-ring (bicyclic) bond motifs is 2. The Morgan fingerprint density at radius 2 is 1.90 bits per heavy atom. The van der Waals surface area contributed by atoms with Gasteiger partial charge >= 0.3 is 6.09 Å². The van der Waals surface area contributed by atoms with Gasteiger partial charge in [-0.1, -0.05) is 6.92 Å². The number of nitrogens with one attached hydrogen (secondary N) is 1. The number of amides is 1. The summed E-state index contributed by atoms with van der Waals surface area (Å²) in [7, 11) is 1.47. The molecule has 4 aliphatic heterocycles. The Morgan fingerprint density at radius 3 is 2.61 bits per heavy atom. The molecule has 0 aliphatic carbocycles. The van der Waals surface area contributed by atoms with Gasteiger partial charge in [0.15, 0.2) is 29.5 Å². The third-order valence-corrected chi connectivity index (χ3v) is 10.5. The molecular weight excluding hydrogens is 628 g/mol. The van der Waals surface area contributed by atoms with Crippen LogP contribution in [0.5, 0.6) is 0 Å². The third kappa shape index (κ3) is 6.55. The summed E-state index contributed by atoms with van der Waals surface area (Å²) in [5.41, 5.74) is 2.98. The predicted octanol–water partition coefficient (Wildman–Crippen LogP) is 5.10. The second kappa shape index (κ2) is 13.3. The molecule has 2 N–H and O–H groups in total. The zero-order valence-electron chi connectivity index (χ0n) is 29.5. The van der Waals surface area contributed by atoms with E-state index in [1.165, 1.54) is 7.11 Å². The molecule has 3 saturated heterocycles. The van der Waals surface area contributed by atoms with Crippen LogP contribution in [0.2, 0.25) is 0 Å². The van der Waals surface area contributed by atoms with Gasteiger partial charge in [0.05, 0.1) is 42.0 Å². The van der Waals surface area contributed by atoms with Crippen LogP contribution < -0.4 is 15.1 Å². The van der Waals surface area contributed by atoms with Gasteiger partial charge in [-0.05, 0) is 78.4 Å². The van der Waals surface area contributed by atoms with Crippen LogP contribution in [0.1, 0.15) is 103 Å². The number of piperidine rings is 1. The first kappa shape index (κ1) is 33.9. The molecule has 1 spiro atoms. The molecular formula is C35H50N8O6. The fourth-order valence-electron chi connectivity index (χ4n) is 7.79. The van der Waals surface area contributed by atoms with E-state index in [0.717, 1.165) is 81.2 Å². The molecule has 0 saturated carbocycles. The quantitative estimate of drug-likeness (QED) is 0.334. The minimum absolute atomic E-state index is 0.104. The monoisotopic (exact) mass is 678 g/mol. The van der Waals surface area contributed by atoms with E-state index in [4.69, 9.17) is 39.0 Å². The summed E-state index contributed by atoms with van der Waals surface area (Å²) in [6, 6.07) is 3.66. The van der Waals surface area contributed by atoms with E-state index in [2.05, 4.69) is 22.0 Å². The summed E-state index contributed by atoms with van der Waals surface area (Å²) in [4.78, 5) is 32.2. The minimum atomic E-state index is -1.08. The van der Waals surface area contributed by atoms with Crippen LogP contribution in [-0.4, -0.2) is 93.6 Å². The molecule has 266 valence electrons. The number of anilines is 3. The largest absolute Gasteiger partial charge is 0.444 e. The molecule has 1 amide bonds. The number of aromatic nitrogens is 5. The zero-order valence-corrected chi connectivity index (χ0v) is 29.5. The van der Waals surface area contributed by atoms with Gasteiger partial charge in [0.2, 0.25) is 0 Å². The highest BCUT2D eigenvalue weighted by molar-refractivity contribution is 5.88. The van der Waals surface area contributed by atoms with E-state index < -0.39 is 18.0 Å². The van der Waals surface area contributed by atoms with E-state index in [-0.39, 0.29) is 29.7 Å². The van der Waals surface area contributed by atoms with Crippen molar-refractivity contribution < 1.29 is 28.8 Å². The summed E-state index contributed by atoms with van der Waals surface area (Å²) in [5, 5.41) is 18.6. The molecule has 14 heteroatoms. The second-order valence-corrected chi connectivity index (χ2v) is 15.0. The first-order chi connectivity index (χ1) is 23.5. The first-order valence-corrected chi connectivity index (χ1v) is 17.7. The molecule has 0 aromatic carbocycles. The fourth-order valence-corrected chi connectivity index (χ4v) is 7.79. The second-order valence-electron chi connectivity index (χ2n) is 15.0. The molecule has 7 rings (SSSR count). The molecule has 0 bridgehead atoms. The normalized spacial score (nSPS) is 26.2. The van der Waals surface area contributed by atoms with Crippen molar-refractivity contribution in [2.75, 3.05) is 49.8 Å². The standard InChI is InChI=1S/C35H50N8O6/c1-21-12-15-42(24-11-10-23(32(44)46-6)37-27(21)24)31-28-30(43(40-31)26-9-7-8-18-47-26)38-25(19-36-28)41-16-13-35(14-17-41)20-48-22(2)29(35)39-33(45)49-34(3,4)5/h10-11,19,21-22,26,29,32,44H,7-9,12-18,20H2,1-6H3,(H,39,45)/t21-,22+,26?,29-,32?/m1/s1. The third-order valence-electron chi connectivity index (χ3n) is 10.5. The number of rotatable bonds is 6. The Hall–Kier alpha value is -3.59. The highest BCUT2D eigenvalue weighted by Crippen LogP contribution is 2.44. The summed E-state index contributed by atoms with van der Waals surface area (Å²) >= 11 is 0. The molecule has 5 atom stereocenters. The molecule has 3 aromatic heterocycles. The number of nitrogens with zero attached hydrogens (tertiary/aromatic N) is 7. The Balaban J connectivity index is 1.17. The number of carbonyl (C=O) groups is 1. The molecule has 0 radical (unpaired) electrons. The van der Waals surface area contributed by atoms with Crippen LogP contribution >= 0.6 is 0 Å². The van der Waals surface area contributed by atoms with Gasteiger partial charge in [0.1, 0.15) is 11.4 Å². The van der Waals surface area contributed by atoms with Gasteiger partial charge < -0.3 is 39.2 Å². The maximum Gasteiger partial charge on any atom is 0.407 e. The van der Waals surface area contributed by atoms with Crippen LogP contribution in [0.15, 0.2) is 18.3 Å². The number of carbonyl (C=O) groups excluding carboxylic acids is 1. The van der Waals surface area contributed by atoms with E-state index in [0.29, 0.717) is 30.1 Å². The number of aliphatic hydroxyl groups excluding tert-OH is 1. The first-order valence-electron chi connectivity index (χ1n) is 17.7. The van der Waals surface area contributed by atoms with Crippen molar-refractivity contribution in [2.45, 2.75) is 109 Å². The number of aliphatic hydroxyl groups is 1. The average Bonchev–Trinajstić information content (AvgIpc) is 3.61. The molecule has 7 heterocycles. The van der Waals surface area contributed by atoms with Crippen molar-refractivity contribution in [2.24, 2.45) is 5.41 Å². The number of pyridine rings is 1. The lowest BCUT2D eigenvalue weighted by Crippen LogP contribution is -2.55. The van der Waals surface area contributed by atoms with Crippen molar-refractivity contribution in [1.29, 1.82) is 0 Å². The summed E-state index contributed by atoms with van der Waals surface area (Å²) in [5.74, 6) is 1.73. The molecule has 49 heavy (non-hydrogen) atoms. The molecule has 4 aliphatic rings. The van der Waals surface area contributed by atoms with Gasteiger partial charge in [0, 0.05) is 44.7 Å². The molecule has 3 aromatic rings. The fraction of sp³-hybridized carbons (Fsp3) is 0.686. The highest BCUT2D eigenvalue weighted by Gasteiger charge is 2.50. The van der Waals surface area contributed by atoms with Crippen molar-refractivity contribution in [3.05, 3.63) is 29.7 Å². The Labute approximate surface area is 287 Å². The molecule has 2 unspecified atom stereocenters. The van der Waals surface area contributed by atoms with E-state index in [9.17, 15) is 9.90 Å². The maximum atomic E-state index is 12.8. The lowest BCUT2D eigenvalue weighted by atomic mass is 9.73. The smallest absolute Gasteiger partial charge is 0.407 e. The van der Waals surface area contributed by atoms with Crippen molar-refractivity contribution in [1.82, 2.24) is 30.0 Å². The number of hydrogen-bond donors (Lipinski definition) is 2. The van der Waals surface area contributed by atoms with Gasteiger partial charge in [-0.25, -0.2) is 19.4 Å². The lowest BCUT2D eigenvalue weighted by molar-refractivity contribution is -0.0800. The van der Waals surface area contributed by atoms with Crippen LogP contribution in [-0.2, 0) is 18.9 Å². The van der Waals surface area contributed by atoms with Crippen LogP contribution in [0.3, 0.4) is 0 Å². The highest BCUT2D eigenvalue weighted by atomic mass is 16.6. The molecule has 3 fully saturated rings. The predicted molar refractivity (Wildman–Crippen MR) is 183 cm³/mol. The number of ether oxygens (including phenoxy) is 4. The average molecular weight is 679 g/mol. The van der Waals surface area contributed by atoms with E-state index >= 15 is 0 Å². The van der Waals surface area contributed by atoms with E-state index in [1.54, 1.807) is 6.07 Å². The van der Waals surface area contributed by atoms with Crippen LogP contribution in [0.4, 0.5) is 22.1 Å². The van der Waals surface area contributed by atoms with Crippen LogP contribution in [0.25, 0.3) is 11.2 Å². The minimum Gasteiger partial charge on any atom is -0.444 e. The SMILES string of the molecule is COC(O)c1ccc2c(n1)[C@H](C)CCN2c1nn(C2CCCCO2)c2nc(N3CCC4(CC3)CO[C@@H](C)[C@H]4NC(=O)OC(C)(C)C)cnc12. The number of alkyl carbamates (subject to hydrolysis) is 1. The van der Waals surface area contributed by atoms with Crippen molar-refractivity contribution in [3.63, 3.8) is 0 Å². The maximum absolute atomic E-state index is 12.8. The van der Waals surface area contributed by atoms with Crippen LogP contribution in [0, 0.1) is 5.41 Å². The van der Waals surface area contributed by atoms with Gasteiger partial charge in [0.25, 0.3) is 0 Å². The van der Waals surface area contributed by atoms with Gasteiger partial charge in [-0.3, -0.25) is 4.98 Å². The van der Waals surface area contributed by atoms with Crippen molar-refractivity contribution in [3.8, 4) is 0 Å². The lowest BCUT2D eigenvalue weighted by Gasteiger charge is -2.42. The topological polar surface area (TPSA) is 149 Å². The Morgan fingerprint density at radius 1 is 1.10 bits per heavy atom. The van der Waals surface area contributed by atoms with Gasteiger partial charge in [-0.2, -0.15) is 0 Å². The molecule has 14 nitrogen and oxygen atoms in total. The Bertz CT molecular complexity index is 1660. The summed E-state index contributed by atoms with van der Waals surface area (Å²) in [6.45, 7) is 13.3. The van der Waals surface area contributed by atoms with Gasteiger partial charge in [-0.15, -0.1) is 5.10 Å². The summed E-state index contributed by atoms with van der Waals surface area (Å²) in [6.07, 6.45) is 5.52. The number of hydrogen-bond acceptors (Lipinski definition) is 12. The zero-order chi connectivity index (χ0) is 34.5. The summed E-state index contributed by atoms with van der Waals surface area (Å²) < 4.78 is 25.0. The van der Waals surface area contributed by atoms with E-state index in [1.807, 2.05) is 44.6 Å². The number of methoxy groups -OCH3 is 1. The van der Waals surface area contributed by atoms with Crippen molar-refractivity contribution >= 4 is 34.6 Å².